The molecule has 0 spiro atoms. The van der Waals surface area contributed by atoms with Crippen LogP contribution in [0.2, 0.25) is 0 Å². The molecule has 0 aliphatic heterocycles. The Morgan fingerprint density at radius 3 is 2.11 bits per heavy atom. The first-order chi connectivity index (χ1) is 9.22. The van der Waals surface area contributed by atoms with Crippen molar-refractivity contribution < 1.29 is 4.79 Å². The van der Waals surface area contributed by atoms with Gasteiger partial charge in [0.1, 0.15) is 0 Å². The van der Waals surface area contributed by atoms with Gasteiger partial charge in [0.05, 0.1) is 0 Å². The van der Waals surface area contributed by atoms with Crippen LogP contribution in [-0.4, -0.2) is 30.3 Å². The number of hydrogen-bond donors (Lipinski definition) is 0. The van der Waals surface area contributed by atoms with Gasteiger partial charge in [-0.2, -0.15) is 0 Å². The number of carbonyl (C=O) groups is 1. The molecule has 0 fully saturated rings. The summed E-state index contributed by atoms with van der Waals surface area (Å²) in [5.41, 5.74) is 0. The molecule has 0 aromatic rings. The number of hydrogen-bond acceptors (Lipinski definition) is 1. The van der Waals surface area contributed by atoms with Crippen LogP contribution in [0.25, 0.3) is 0 Å². The molecule has 0 aliphatic carbocycles. The molecule has 0 aromatic carbocycles. The van der Waals surface area contributed by atoms with E-state index in [0.717, 1.165) is 44.5 Å². The summed E-state index contributed by atoms with van der Waals surface area (Å²) in [6, 6.07) is 0. The van der Waals surface area contributed by atoms with Crippen LogP contribution in [0.4, 0.5) is 0 Å². The average Bonchev–Trinajstić information content (AvgIpc) is 2.42. The highest BCUT2D eigenvalue weighted by Crippen LogP contribution is 2.09. The van der Waals surface area contributed by atoms with E-state index in [2.05, 4.69) is 6.92 Å². The molecule has 0 saturated heterocycles. The molecule has 0 aromatic heterocycles. The van der Waals surface area contributed by atoms with Crippen molar-refractivity contribution in [3.8, 4) is 0 Å². The molecule has 0 unspecified atom stereocenters. The third-order valence-electron chi connectivity index (χ3n) is 3.55. The Balaban J connectivity index is 3.36. The van der Waals surface area contributed by atoms with E-state index in [0.29, 0.717) is 5.91 Å². The molecular weight excluding hydrogens is 258 g/mol. The number of carbonyl (C=O) groups excluding carboxylic acids is 1. The Labute approximate surface area is 124 Å². The van der Waals surface area contributed by atoms with Gasteiger partial charge in [-0.15, -0.1) is 11.6 Å². The molecule has 0 saturated carbocycles. The van der Waals surface area contributed by atoms with E-state index in [-0.39, 0.29) is 0 Å². The minimum atomic E-state index is 0.305. The second kappa shape index (κ2) is 14.2. The number of nitrogens with zero attached hydrogens (tertiary/aromatic N) is 1. The second-order valence-corrected chi connectivity index (χ2v) is 5.81. The van der Waals surface area contributed by atoms with Crippen molar-refractivity contribution in [1.29, 1.82) is 0 Å². The summed E-state index contributed by atoms with van der Waals surface area (Å²) in [7, 11) is 1.92. The molecule has 2 nitrogen and oxygen atoms in total. The van der Waals surface area contributed by atoms with Gasteiger partial charge in [-0.3, -0.25) is 4.79 Å². The number of rotatable bonds is 13. The van der Waals surface area contributed by atoms with E-state index in [1.165, 1.54) is 38.5 Å². The molecule has 19 heavy (non-hydrogen) atoms. The number of unbranched alkanes of at least 4 members (excludes halogenated alkanes) is 8. The normalized spacial score (nSPS) is 10.7. The summed E-state index contributed by atoms with van der Waals surface area (Å²) in [6.07, 6.45) is 12.9. The second-order valence-electron chi connectivity index (χ2n) is 5.44. The summed E-state index contributed by atoms with van der Waals surface area (Å²) < 4.78 is 0. The number of halogens is 1. The Morgan fingerprint density at radius 2 is 1.47 bits per heavy atom. The fraction of sp³-hybridized carbons (Fsp3) is 0.938. The van der Waals surface area contributed by atoms with E-state index in [4.69, 9.17) is 11.6 Å². The van der Waals surface area contributed by atoms with Crippen molar-refractivity contribution in [2.75, 3.05) is 19.5 Å². The molecule has 1 amide bonds. The highest BCUT2D eigenvalue weighted by molar-refractivity contribution is 6.17. The fourth-order valence-corrected chi connectivity index (χ4v) is 2.36. The highest BCUT2D eigenvalue weighted by Gasteiger charge is 2.07. The highest BCUT2D eigenvalue weighted by atomic mass is 35.5. The van der Waals surface area contributed by atoms with E-state index in [1.807, 2.05) is 11.9 Å². The van der Waals surface area contributed by atoms with Gasteiger partial charge >= 0.3 is 0 Å². The minimum absolute atomic E-state index is 0.305. The molecule has 0 radical (unpaired) electrons. The lowest BCUT2D eigenvalue weighted by Gasteiger charge is -2.16. The van der Waals surface area contributed by atoms with Crippen LogP contribution >= 0.6 is 11.6 Å². The summed E-state index contributed by atoms with van der Waals surface area (Å²) in [6.45, 7) is 3.12. The van der Waals surface area contributed by atoms with Crippen molar-refractivity contribution >= 4 is 17.5 Å². The van der Waals surface area contributed by atoms with Gasteiger partial charge in [0, 0.05) is 25.9 Å². The third kappa shape index (κ3) is 12.5. The molecule has 3 heteroatoms. The zero-order valence-electron chi connectivity index (χ0n) is 12.9. The van der Waals surface area contributed by atoms with Crippen LogP contribution in [0.1, 0.15) is 77.6 Å². The zero-order chi connectivity index (χ0) is 14.3. The maximum Gasteiger partial charge on any atom is 0.222 e. The van der Waals surface area contributed by atoms with Crippen LogP contribution in [0.3, 0.4) is 0 Å². The van der Waals surface area contributed by atoms with Crippen molar-refractivity contribution in [2.24, 2.45) is 0 Å². The van der Waals surface area contributed by atoms with Gasteiger partial charge in [-0.25, -0.2) is 0 Å². The summed E-state index contributed by atoms with van der Waals surface area (Å²) in [4.78, 5) is 13.7. The Hall–Kier alpha value is -0.240. The van der Waals surface area contributed by atoms with Gasteiger partial charge < -0.3 is 4.90 Å². The quantitative estimate of drug-likeness (QED) is 0.345. The van der Waals surface area contributed by atoms with Gasteiger partial charge in [-0.05, 0) is 19.3 Å². The van der Waals surface area contributed by atoms with Crippen molar-refractivity contribution in [2.45, 2.75) is 77.6 Å². The van der Waals surface area contributed by atoms with Gasteiger partial charge in [0.2, 0.25) is 5.91 Å². The minimum Gasteiger partial charge on any atom is -0.346 e. The summed E-state index contributed by atoms with van der Waals surface area (Å²) in [5.74, 6) is 1.04. The molecule has 114 valence electrons. The maximum atomic E-state index is 11.8. The van der Waals surface area contributed by atoms with Gasteiger partial charge in [0.15, 0.2) is 0 Å². The predicted octanol–water partition coefficient (Wildman–Crippen LogP) is 4.99. The molecule has 0 rings (SSSR count). The molecule has 0 aliphatic rings. The molecule has 0 atom stereocenters. The van der Waals surface area contributed by atoms with E-state index in [1.54, 1.807) is 0 Å². The molecule has 0 N–H and O–H groups in total. The van der Waals surface area contributed by atoms with Crippen LogP contribution in [0.5, 0.6) is 0 Å². The predicted molar refractivity (Wildman–Crippen MR) is 84.8 cm³/mol. The Bertz CT molecular complexity index is 209. The first-order valence-corrected chi connectivity index (χ1v) is 8.55. The maximum absolute atomic E-state index is 11.8. The monoisotopic (exact) mass is 289 g/mol. The number of amides is 1. The molecule has 0 heterocycles. The van der Waals surface area contributed by atoms with Crippen molar-refractivity contribution in [3.05, 3.63) is 0 Å². The van der Waals surface area contributed by atoms with Crippen LogP contribution in [0, 0.1) is 0 Å². The van der Waals surface area contributed by atoms with Gasteiger partial charge in [0.25, 0.3) is 0 Å². The molecule has 0 bridgehead atoms. The standard InChI is InChI=1S/C16H32ClNO/c1-3-4-5-6-7-8-10-13-16(19)18(2)15-12-9-11-14-17/h3-15H2,1-2H3. The lowest BCUT2D eigenvalue weighted by molar-refractivity contribution is -0.130. The van der Waals surface area contributed by atoms with Crippen LogP contribution in [-0.2, 0) is 4.79 Å². The van der Waals surface area contributed by atoms with Crippen molar-refractivity contribution in [3.63, 3.8) is 0 Å². The van der Waals surface area contributed by atoms with Crippen molar-refractivity contribution in [1.82, 2.24) is 4.90 Å². The SMILES string of the molecule is CCCCCCCCCC(=O)N(C)CCCCCCl. The van der Waals surface area contributed by atoms with Gasteiger partial charge in [-0.1, -0.05) is 51.9 Å². The van der Waals surface area contributed by atoms with Crippen LogP contribution in [0.15, 0.2) is 0 Å². The lowest BCUT2D eigenvalue weighted by atomic mass is 10.1. The largest absolute Gasteiger partial charge is 0.346 e. The topological polar surface area (TPSA) is 20.3 Å². The van der Waals surface area contributed by atoms with E-state index in [9.17, 15) is 4.79 Å². The number of alkyl halides is 1. The summed E-state index contributed by atoms with van der Waals surface area (Å²) in [5, 5.41) is 0. The van der Waals surface area contributed by atoms with E-state index < -0.39 is 0 Å². The Kier molecular flexibility index (Phi) is 14.0. The zero-order valence-corrected chi connectivity index (χ0v) is 13.7. The lowest BCUT2D eigenvalue weighted by Crippen LogP contribution is -2.27. The smallest absolute Gasteiger partial charge is 0.222 e. The molecular formula is C16H32ClNO. The summed E-state index contributed by atoms with van der Waals surface area (Å²) >= 11 is 5.63. The third-order valence-corrected chi connectivity index (χ3v) is 3.81. The average molecular weight is 290 g/mol. The first-order valence-electron chi connectivity index (χ1n) is 8.02. The first kappa shape index (κ1) is 18.8. The fourth-order valence-electron chi connectivity index (χ4n) is 2.17. The Morgan fingerprint density at radius 1 is 0.895 bits per heavy atom. The van der Waals surface area contributed by atoms with Crippen LogP contribution < -0.4 is 0 Å². The van der Waals surface area contributed by atoms with E-state index >= 15 is 0 Å².